The number of carbonyl (C=O) groups excluding carboxylic acids is 1. The van der Waals surface area contributed by atoms with Crippen LogP contribution in [0.25, 0.3) is 0 Å². The van der Waals surface area contributed by atoms with Gasteiger partial charge >= 0.3 is 0 Å². The van der Waals surface area contributed by atoms with Gasteiger partial charge in [0.05, 0.1) is 11.7 Å². The van der Waals surface area contributed by atoms with Gasteiger partial charge in [0.2, 0.25) is 5.91 Å². The Morgan fingerprint density at radius 2 is 1.75 bits per heavy atom. The summed E-state index contributed by atoms with van der Waals surface area (Å²) in [6.45, 7) is 3.36. The smallest absolute Gasteiger partial charge is 0.227 e. The zero-order chi connectivity index (χ0) is 15.5. The summed E-state index contributed by atoms with van der Waals surface area (Å²) in [6.07, 6.45) is 1.42. The first-order valence-electron chi connectivity index (χ1n) is 6.42. The fourth-order valence-electron chi connectivity index (χ4n) is 1.83. The molecule has 1 amide bonds. The third kappa shape index (κ3) is 4.23. The second-order valence-electron chi connectivity index (χ2n) is 5.20. The first kappa shape index (κ1) is 16.5. The lowest BCUT2D eigenvalue weighted by Crippen LogP contribution is -2.45. The molecule has 2 N–H and O–H groups in total. The SMILES string of the molecule is C[C@@H]([C@H](C)S(C)(=O)=O)N(C)C(=O)Cc1ccc(N)cc1. The molecule has 0 heterocycles. The number of nitrogens with zero attached hydrogens (tertiary/aromatic N) is 1. The largest absolute Gasteiger partial charge is 0.399 e. The second-order valence-corrected chi connectivity index (χ2v) is 7.60. The van der Waals surface area contributed by atoms with Gasteiger partial charge in [-0.15, -0.1) is 0 Å². The topological polar surface area (TPSA) is 80.5 Å². The Bertz CT molecular complexity index is 567. The lowest BCUT2D eigenvalue weighted by Gasteiger charge is -2.29. The molecule has 0 saturated carbocycles. The van der Waals surface area contributed by atoms with E-state index in [0.29, 0.717) is 5.69 Å². The molecule has 0 aromatic heterocycles. The van der Waals surface area contributed by atoms with Crippen LogP contribution in [-0.2, 0) is 21.1 Å². The first-order valence-corrected chi connectivity index (χ1v) is 8.37. The van der Waals surface area contributed by atoms with Gasteiger partial charge in [0.1, 0.15) is 0 Å². The minimum Gasteiger partial charge on any atom is -0.399 e. The van der Waals surface area contributed by atoms with E-state index >= 15 is 0 Å². The van der Waals surface area contributed by atoms with Crippen LogP contribution in [0.15, 0.2) is 24.3 Å². The minimum absolute atomic E-state index is 0.113. The molecule has 0 bridgehead atoms. The number of benzene rings is 1. The Morgan fingerprint density at radius 1 is 1.25 bits per heavy atom. The third-order valence-electron chi connectivity index (χ3n) is 3.69. The highest BCUT2D eigenvalue weighted by molar-refractivity contribution is 7.91. The molecule has 1 aromatic rings. The molecule has 2 atom stereocenters. The molecule has 0 unspecified atom stereocenters. The standard InChI is InChI=1S/C14H22N2O3S/c1-10(11(2)20(4,18)19)16(3)14(17)9-12-5-7-13(15)8-6-12/h5-8,10-11H,9,15H2,1-4H3/t10-,11-/m0/s1. The number of carbonyl (C=O) groups is 1. The fraction of sp³-hybridized carbons (Fsp3) is 0.500. The fourth-order valence-corrected chi connectivity index (χ4v) is 2.73. The number of rotatable bonds is 5. The van der Waals surface area contributed by atoms with Crippen LogP contribution in [0.4, 0.5) is 5.69 Å². The van der Waals surface area contributed by atoms with E-state index in [0.717, 1.165) is 5.56 Å². The number of nitrogens with two attached hydrogens (primary N) is 1. The maximum Gasteiger partial charge on any atom is 0.227 e. The van der Waals surface area contributed by atoms with E-state index < -0.39 is 15.1 Å². The van der Waals surface area contributed by atoms with Crippen molar-refractivity contribution >= 4 is 21.4 Å². The maximum absolute atomic E-state index is 12.2. The molecule has 0 aliphatic heterocycles. The van der Waals surface area contributed by atoms with Crippen LogP contribution in [0.1, 0.15) is 19.4 Å². The molecule has 1 rings (SSSR count). The molecule has 5 nitrogen and oxygen atoms in total. The Kier molecular flexibility index (Phi) is 5.16. The van der Waals surface area contributed by atoms with E-state index in [4.69, 9.17) is 5.73 Å². The van der Waals surface area contributed by atoms with Crippen LogP contribution < -0.4 is 5.73 Å². The number of amides is 1. The van der Waals surface area contributed by atoms with Crippen molar-refractivity contribution in [2.24, 2.45) is 0 Å². The van der Waals surface area contributed by atoms with Crippen molar-refractivity contribution < 1.29 is 13.2 Å². The molecule has 1 aromatic carbocycles. The Morgan fingerprint density at radius 3 is 2.20 bits per heavy atom. The predicted octanol–water partition coefficient (Wildman–Crippen LogP) is 1.09. The molecule has 0 radical (unpaired) electrons. The van der Waals surface area contributed by atoms with Crippen LogP contribution >= 0.6 is 0 Å². The van der Waals surface area contributed by atoms with Gasteiger partial charge in [0.25, 0.3) is 0 Å². The number of likely N-dealkylation sites (N-methyl/N-ethyl adjacent to an activating group) is 1. The third-order valence-corrected chi connectivity index (χ3v) is 5.44. The molecule has 0 fully saturated rings. The van der Waals surface area contributed by atoms with Crippen molar-refractivity contribution in [2.45, 2.75) is 31.6 Å². The van der Waals surface area contributed by atoms with Gasteiger partial charge in [0, 0.05) is 25.0 Å². The molecule has 112 valence electrons. The maximum atomic E-state index is 12.2. The van der Waals surface area contributed by atoms with Crippen LogP contribution in [0, 0.1) is 0 Å². The van der Waals surface area contributed by atoms with E-state index in [1.807, 2.05) is 0 Å². The van der Waals surface area contributed by atoms with Crippen molar-refractivity contribution in [3.05, 3.63) is 29.8 Å². The van der Waals surface area contributed by atoms with E-state index in [2.05, 4.69) is 0 Å². The molecule has 6 heteroatoms. The average Bonchev–Trinajstić information content (AvgIpc) is 2.37. The molecule has 0 aliphatic carbocycles. The second kappa shape index (κ2) is 6.26. The van der Waals surface area contributed by atoms with E-state index in [-0.39, 0.29) is 18.4 Å². The first-order chi connectivity index (χ1) is 9.12. The number of nitrogen functional groups attached to an aromatic ring is 1. The van der Waals surface area contributed by atoms with Gasteiger partial charge in [-0.2, -0.15) is 0 Å². The number of hydrogen-bond donors (Lipinski definition) is 1. The van der Waals surface area contributed by atoms with E-state index in [1.54, 1.807) is 45.2 Å². The lowest BCUT2D eigenvalue weighted by molar-refractivity contribution is -0.130. The number of sulfone groups is 1. The van der Waals surface area contributed by atoms with Crippen LogP contribution in [0.5, 0.6) is 0 Å². The molecular weight excluding hydrogens is 276 g/mol. The summed E-state index contributed by atoms with van der Waals surface area (Å²) in [5.74, 6) is -0.113. The Balaban J connectivity index is 2.74. The number of hydrogen-bond acceptors (Lipinski definition) is 4. The predicted molar refractivity (Wildman–Crippen MR) is 81.1 cm³/mol. The van der Waals surface area contributed by atoms with Gasteiger partial charge in [-0.25, -0.2) is 8.42 Å². The van der Waals surface area contributed by atoms with Gasteiger partial charge in [-0.05, 0) is 31.5 Å². The normalized spacial score (nSPS) is 14.6. The quantitative estimate of drug-likeness (QED) is 0.825. The van der Waals surface area contributed by atoms with Gasteiger partial charge in [0.15, 0.2) is 9.84 Å². The minimum atomic E-state index is -3.17. The summed E-state index contributed by atoms with van der Waals surface area (Å²) in [6, 6.07) is 6.71. The highest BCUT2D eigenvalue weighted by atomic mass is 32.2. The highest BCUT2D eigenvalue weighted by Crippen LogP contribution is 2.13. The van der Waals surface area contributed by atoms with Crippen LogP contribution in [0.2, 0.25) is 0 Å². The van der Waals surface area contributed by atoms with Gasteiger partial charge < -0.3 is 10.6 Å². The van der Waals surface area contributed by atoms with E-state index in [9.17, 15) is 13.2 Å². The summed E-state index contributed by atoms with van der Waals surface area (Å²) >= 11 is 0. The average molecular weight is 298 g/mol. The van der Waals surface area contributed by atoms with E-state index in [1.165, 1.54) is 11.2 Å². The van der Waals surface area contributed by atoms with Gasteiger partial charge in [-0.1, -0.05) is 12.1 Å². The number of anilines is 1. The Hall–Kier alpha value is -1.56. The van der Waals surface area contributed by atoms with Crippen molar-refractivity contribution in [1.82, 2.24) is 4.90 Å². The summed E-state index contributed by atoms with van der Waals surface area (Å²) < 4.78 is 23.1. The molecule has 0 aliphatic rings. The zero-order valence-electron chi connectivity index (χ0n) is 12.3. The van der Waals surface area contributed by atoms with Crippen molar-refractivity contribution in [3.8, 4) is 0 Å². The molecule has 0 saturated heterocycles. The van der Waals surface area contributed by atoms with Crippen molar-refractivity contribution in [2.75, 3.05) is 19.0 Å². The zero-order valence-corrected chi connectivity index (χ0v) is 13.1. The summed E-state index contributed by atoms with van der Waals surface area (Å²) in [4.78, 5) is 13.7. The monoisotopic (exact) mass is 298 g/mol. The Labute approximate surface area is 120 Å². The summed E-state index contributed by atoms with van der Waals surface area (Å²) in [7, 11) is -1.54. The molecule has 0 spiro atoms. The molecular formula is C14H22N2O3S. The van der Waals surface area contributed by atoms with Crippen molar-refractivity contribution in [3.63, 3.8) is 0 Å². The van der Waals surface area contributed by atoms with Gasteiger partial charge in [-0.3, -0.25) is 4.79 Å². The van der Waals surface area contributed by atoms with Crippen LogP contribution in [-0.4, -0.2) is 43.8 Å². The van der Waals surface area contributed by atoms with Crippen LogP contribution in [0.3, 0.4) is 0 Å². The van der Waals surface area contributed by atoms with Crippen molar-refractivity contribution in [1.29, 1.82) is 0 Å². The summed E-state index contributed by atoms with van der Waals surface area (Å²) in [5, 5.41) is -0.595. The highest BCUT2D eigenvalue weighted by Gasteiger charge is 2.27. The molecule has 20 heavy (non-hydrogen) atoms. The summed E-state index contributed by atoms with van der Waals surface area (Å²) in [5.41, 5.74) is 7.09. The lowest BCUT2D eigenvalue weighted by atomic mass is 10.1.